The van der Waals surface area contributed by atoms with Gasteiger partial charge in [-0.1, -0.05) is 23.2 Å². The van der Waals surface area contributed by atoms with Crippen molar-refractivity contribution >= 4 is 41.0 Å². The van der Waals surface area contributed by atoms with E-state index in [1.165, 1.54) is 12.1 Å². The number of amides is 1. The Morgan fingerprint density at radius 1 is 1.21 bits per heavy atom. The molecule has 0 heterocycles. The van der Waals surface area contributed by atoms with E-state index in [9.17, 15) is 9.59 Å². The van der Waals surface area contributed by atoms with E-state index in [1.807, 2.05) is 0 Å². The van der Waals surface area contributed by atoms with Crippen molar-refractivity contribution in [2.24, 2.45) is 0 Å². The molecule has 0 bridgehead atoms. The van der Waals surface area contributed by atoms with Crippen LogP contribution in [0.5, 0.6) is 0 Å². The topological polar surface area (TPSA) is 75.6 Å². The van der Waals surface area contributed by atoms with Gasteiger partial charge in [0.25, 0.3) is 0 Å². The molecule has 0 aromatic heterocycles. The van der Waals surface area contributed by atoms with Crippen molar-refractivity contribution in [3.05, 3.63) is 27.7 Å². The van der Waals surface area contributed by atoms with Crippen LogP contribution in [-0.2, 0) is 4.74 Å². The number of hydrogen-bond donors (Lipinski definition) is 2. The van der Waals surface area contributed by atoms with Crippen molar-refractivity contribution in [2.45, 2.75) is 26.4 Å². The van der Waals surface area contributed by atoms with Gasteiger partial charge >= 0.3 is 12.1 Å². The van der Waals surface area contributed by atoms with E-state index in [0.717, 1.165) is 0 Å². The van der Waals surface area contributed by atoms with Crippen LogP contribution in [0.4, 0.5) is 10.5 Å². The molecular formula is C12H13Cl2NO4. The molecule has 104 valence electrons. The van der Waals surface area contributed by atoms with Gasteiger partial charge < -0.3 is 9.84 Å². The Bertz CT molecular complexity index is 523. The van der Waals surface area contributed by atoms with Crippen LogP contribution in [0.2, 0.25) is 10.0 Å². The van der Waals surface area contributed by atoms with Crippen molar-refractivity contribution in [1.29, 1.82) is 0 Å². The van der Waals surface area contributed by atoms with E-state index >= 15 is 0 Å². The highest BCUT2D eigenvalue weighted by molar-refractivity contribution is 6.38. The van der Waals surface area contributed by atoms with Gasteiger partial charge in [0.1, 0.15) is 11.2 Å². The second-order valence-electron chi connectivity index (χ2n) is 4.71. The van der Waals surface area contributed by atoms with Crippen LogP contribution >= 0.6 is 23.2 Å². The first-order chi connectivity index (χ1) is 8.61. The quantitative estimate of drug-likeness (QED) is 0.864. The summed E-state index contributed by atoms with van der Waals surface area (Å²) in [5.41, 5.74) is -1.07. The minimum atomic E-state index is -1.29. The number of benzene rings is 1. The Balaban J connectivity index is 3.10. The lowest BCUT2D eigenvalue weighted by molar-refractivity contribution is 0.0636. The van der Waals surface area contributed by atoms with Crippen LogP contribution in [-0.4, -0.2) is 22.8 Å². The van der Waals surface area contributed by atoms with E-state index in [1.54, 1.807) is 20.8 Å². The van der Waals surface area contributed by atoms with Crippen LogP contribution in [0.25, 0.3) is 0 Å². The summed E-state index contributed by atoms with van der Waals surface area (Å²) in [6, 6.07) is 2.73. The molecule has 0 unspecified atom stereocenters. The first-order valence-electron chi connectivity index (χ1n) is 5.33. The summed E-state index contributed by atoms with van der Waals surface area (Å²) < 4.78 is 5.03. The number of nitrogens with one attached hydrogen (secondary N) is 1. The Morgan fingerprint density at radius 2 is 1.74 bits per heavy atom. The SMILES string of the molecule is CC(C)(C)OC(=O)Nc1c(Cl)ccc(Cl)c1C(=O)O. The molecule has 5 nitrogen and oxygen atoms in total. The fourth-order valence-corrected chi connectivity index (χ4v) is 1.73. The maximum absolute atomic E-state index is 11.6. The van der Waals surface area contributed by atoms with Crippen molar-refractivity contribution < 1.29 is 19.4 Å². The average molecular weight is 306 g/mol. The molecule has 1 aromatic carbocycles. The zero-order valence-corrected chi connectivity index (χ0v) is 12.1. The molecule has 0 aliphatic rings. The minimum Gasteiger partial charge on any atom is -0.478 e. The summed E-state index contributed by atoms with van der Waals surface area (Å²) in [4.78, 5) is 22.8. The first kappa shape index (κ1) is 15.6. The van der Waals surface area contributed by atoms with Crippen molar-refractivity contribution in [3.63, 3.8) is 0 Å². The number of anilines is 1. The molecule has 0 aliphatic heterocycles. The number of ether oxygens (including phenoxy) is 1. The van der Waals surface area contributed by atoms with E-state index < -0.39 is 17.7 Å². The van der Waals surface area contributed by atoms with E-state index in [0.29, 0.717) is 0 Å². The normalized spacial score (nSPS) is 11.0. The molecule has 0 spiro atoms. The lowest BCUT2D eigenvalue weighted by atomic mass is 10.1. The van der Waals surface area contributed by atoms with Gasteiger partial charge in [0.05, 0.1) is 15.7 Å². The van der Waals surface area contributed by atoms with Crippen LogP contribution in [0, 0.1) is 0 Å². The molecule has 2 N–H and O–H groups in total. The molecule has 19 heavy (non-hydrogen) atoms. The monoisotopic (exact) mass is 305 g/mol. The Hall–Kier alpha value is -1.46. The zero-order chi connectivity index (χ0) is 14.8. The molecule has 0 atom stereocenters. The zero-order valence-electron chi connectivity index (χ0n) is 10.6. The molecule has 0 saturated carbocycles. The molecule has 0 saturated heterocycles. The number of hydrogen-bond acceptors (Lipinski definition) is 3. The van der Waals surface area contributed by atoms with Crippen molar-refractivity contribution in [2.75, 3.05) is 5.32 Å². The summed E-state index contributed by atoms with van der Waals surface area (Å²) in [6.07, 6.45) is -0.806. The predicted molar refractivity (Wildman–Crippen MR) is 73.3 cm³/mol. The third-order valence-corrected chi connectivity index (χ3v) is 2.57. The Kier molecular flexibility index (Phi) is 4.66. The predicted octanol–water partition coefficient (Wildman–Crippen LogP) is 4.04. The van der Waals surface area contributed by atoms with Gasteiger partial charge in [-0.2, -0.15) is 0 Å². The summed E-state index contributed by atoms with van der Waals surface area (Å²) in [5.74, 6) is -1.29. The fraction of sp³-hybridized carbons (Fsp3) is 0.333. The number of carboxylic acid groups (broad SMARTS) is 1. The Morgan fingerprint density at radius 3 is 2.21 bits per heavy atom. The van der Waals surface area contributed by atoms with Gasteiger partial charge in [0.15, 0.2) is 0 Å². The molecule has 0 radical (unpaired) electrons. The van der Waals surface area contributed by atoms with Crippen LogP contribution in [0.1, 0.15) is 31.1 Å². The highest BCUT2D eigenvalue weighted by Gasteiger charge is 2.22. The van der Waals surface area contributed by atoms with Gasteiger partial charge in [-0.15, -0.1) is 0 Å². The second kappa shape index (κ2) is 5.67. The van der Waals surface area contributed by atoms with E-state index in [4.69, 9.17) is 33.0 Å². The van der Waals surface area contributed by atoms with E-state index in [-0.39, 0.29) is 21.3 Å². The van der Waals surface area contributed by atoms with Crippen LogP contribution in [0.3, 0.4) is 0 Å². The van der Waals surface area contributed by atoms with E-state index in [2.05, 4.69) is 5.32 Å². The smallest absolute Gasteiger partial charge is 0.412 e. The number of halogens is 2. The van der Waals surface area contributed by atoms with Gasteiger partial charge in [-0.3, -0.25) is 5.32 Å². The summed E-state index contributed by atoms with van der Waals surface area (Å²) >= 11 is 11.6. The average Bonchev–Trinajstić information content (AvgIpc) is 2.20. The van der Waals surface area contributed by atoms with Crippen molar-refractivity contribution in [3.8, 4) is 0 Å². The minimum absolute atomic E-state index is 0.0250. The highest BCUT2D eigenvalue weighted by atomic mass is 35.5. The number of carboxylic acids is 1. The summed E-state index contributed by atoms with van der Waals surface area (Å²) in [5, 5.41) is 11.4. The second-order valence-corrected chi connectivity index (χ2v) is 5.53. The number of aromatic carboxylic acids is 1. The van der Waals surface area contributed by atoms with Crippen LogP contribution < -0.4 is 5.32 Å². The van der Waals surface area contributed by atoms with Gasteiger partial charge in [0.2, 0.25) is 0 Å². The molecule has 1 amide bonds. The van der Waals surface area contributed by atoms with Gasteiger partial charge in [-0.05, 0) is 32.9 Å². The van der Waals surface area contributed by atoms with Crippen molar-refractivity contribution in [1.82, 2.24) is 0 Å². The summed E-state index contributed by atoms with van der Waals surface area (Å²) in [6.45, 7) is 5.05. The summed E-state index contributed by atoms with van der Waals surface area (Å²) in [7, 11) is 0. The third kappa shape index (κ3) is 4.29. The van der Waals surface area contributed by atoms with Gasteiger partial charge in [0, 0.05) is 0 Å². The lowest BCUT2D eigenvalue weighted by Crippen LogP contribution is -2.28. The largest absolute Gasteiger partial charge is 0.478 e. The first-order valence-corrected chi connectivity index (χ1v) is 6.08. The fourth-order valence-electron chi connectivity index (χ4n) is 1.29. The molecule has 0 aliphatic carbocycles. The number of rotatable bonds is 2. The maximum atomic E-state index is 11.6. The molecule has 1 aromatic rings. The molecule has 0 fully saturated rings. The number of carbonyl (C=O) groups excluding carboxylic acids is 1. The highest BCUT2D eigenvalue weighted by Crippen LogP contribution is 2.32. The Labute approximate surface area is 120 Å². The maximum Gasteiger partial charge on any atom is 0.412 e. The molecule has 1 rings (SSSR count). The standard InChI is InChI=1S/C12H13Cl2NO4/c1-12(2,3)19-11(18)15-9-7(14)5-4-6(13)8(9)10(16)17/h4-5H,1-3H3,(H,15,18)(H,16,17). The van der Waals surface area contributed by atoms with Gasteiger partial charge in [-0.25, -0.2) is 9.59 Å². The van der Waals surface area contributed by atoms with Crippen LogP contribution in [0.15, 0.2) is 12.1 Å². The lowest BCUT2D eigenvalue weighted by Gasteiger charge is -2.20. The molecule has 7 heteroatoms. The molecular weight excluding hydrogens is 293 g/mol. The third-order valence-electron chi connectivity index (χ3n) is 1.94. The number of carbonyl (C=O) groups is 2.